The van der Waals surface area contributed by atoms with Crippen LogP contribution in [0.25, 0.3) is 11.4 Å². The number of carbonyl (C=O) groups excluding carboxylic acids is 1. The van der Waals surface area contributed by atoms with Crippen LogP contribution in [-0.2, 0) is 0 Å². The van der Waals surface area contributed by atoms with Crippen molar-refractivity contribution in [2.75, 3.05) is 0 Å². The third kappa shape index (κ3) is 2.50. The van der Waals surface area contributed by atoms with Crippen LogP contribution in [0.15, 0.2) is 28.8 Å². The van der Waals surface area contributed by atoms with Gasteiger partial charge < -0.3 is 4.52 Å². The fourth-order valence-electron chi connectivity index (χ4n) is 1.51. The molecule has 0 aliphatic carbocycles. The minimum absolute atomic E-state index is 0.0268. The monoisotopic (exact) mass is 248 g/mol. The molecule has 1 heterocycles. The zero-order valence-electron chi connectivity index (χ0n) is 9.56. The summed E-state index contributed by atoms with van der Waals surface area (Å²) in [5, 5.41) is 2.62. The molecule has 88 valence electrons. The molecule has 0 aliphatic rings. The van der Waals surface area contributed by atoms with Crippen molar-refractivity contribution in [3.8, 4) is 11.4 Å². The first-order valence-corrected chi connectivity index (χ1v) is 5.69. The number of H-pyrrole nitrogens is 1. The maximum Gasteiger partial charge on any atom is 0.314 e. The van der Waals surface area contributed by atoms with E-state index in [1.165, 1.54) is 0 Å². The van der Waals surface area contributed by atoms with Crippen molar-refractivity contribution in [3.05, 3.63) is 34.7 Å². The Morgan fingerprint density at radius 3 is 2.82 bits per heavy atom. The Morgan fingerprint density at radius 2 is 2.24 bits per heavy atom. The SMILES string of the molecule is CC(C)C(=O)c1cccc(-c2nc(=S)o[nH]2)c1. The largest absolute Gasteiger partial charge is 0.348 e. The molecule has 5 heteroatoms. The second-order valence-corrected chi connectivity index (χ2v) is 4.38. The standard InChI is InChI=1S/C12H12N2O2S/c1-7(2)10(15)8-4-3-5-9(6-8)11-13-12(17)16-14-11/h3-7H,1-2H3,(H,13,14,17). The second kappa shape index (κ2) is 4.63. The molecule has 1 aromatic heterocycles. The Bertz CT molecular complexity index is 598. The maximum atomic E-state index is 11.9. The third-order valence-electron chi connectivity index (χ3n) is 2.38. The highest BCUT2D eigenvalue weighted by atomic mass is 32.1. The summed E-state index contributed by atoms with van der Waals surface area (Å²) in [5.74, 6) is 0.614. The number of aromatic amines is 1. The van der Waals surface area contributed by atoms with Gasteiger partial charge in [0.15, 0.2) is 11.6 Å². The lowest BCUT2D eigenvalue weighted by Crippen LogP contribution is -2.07. The summed E-state index contributed by atoms with van der Waals surface area (Å²) in [6.07, 6.45) is 0. The van der Waals surface area contributed by atoms with Gasteiger partial charge in [0.05, 0.1) is 0 Å². The van der Waals surface area contributed by atoms with Crippen LogP contribution >= 0.6 is 12.2 Å². The summed E-state index contributed by atoms with van der Waals surface area (Å²) in [5.41, 5.74) is 1.45. The second-order valence-electron chi connectivity index (χ2n) is 4.03. The number of Topliss-reactive ketones (excluding diaryl/α,β-unsaturated/α-hetero) is 1. The smallest absolute Gasteiger partial charge is 0.314 e. The lowest BCUT2D eigenvalue weighted by molar-refractivity contribution is 0.0939. The Labute approximate surface area is 104 Å². The number of aromatic nitrogens is 2. The maximum absolute atomic E-state index is 11.9. The quantitative estimate of drug-likeness (QED) is 0.669. The van der Waals surface area contributed by atoms with E-state index in [0.717, 1.165) is 5.56 Å². The molecule has 0 radical (unpaired) electrons. The van der Waals surface area contributed by atoms with Gasteiger partial charge in [0.2, 0.25) is 0 Å². The molecule has 0 saturated carbocycles. The van der Waals surface area contributed by atoms with E-state index in [9.17, 15) is 4.79 Å². The summed E-state index contributed by atoms with van der Waals surface area (Å²) in [6.45, 7) is 3.75. The molecule has 2 aromatic rings. The number of ketones is 1. The zero-order chi connectivity index (χ0) is 12.4. The van der Waals surface area contributed by atoms with Crippen LogP contribution in [0, 0.1) is 10.8 Å². The number of nitrogens with zero attached hydrogens (tertiary/aromatic N) is 1. The van der Waals surface area contributed by atoms with Crippen molar-refractivity contribution in [2.24, 2.45) is 5.92 Å². The van der Waals surface area contributed by atoms with Crippen molar-refractivity contribution >= 4 is 18.0 Å². The summed E-state index contributed by atoms with van der Waals surface area (Å²) in [7, 11) is 0. The van der Waals surface area contributed by atoms with Gasteiger partial charge in [0.25, 0.3) is 0 Å². The highest BCUT2D eigenvalue weighted by Gasteiger charge is 2.12. The molecular weight excluding hydrogens is 236 g/mol. The van der Waals surface area contributed by atoms with E-state index in [4.69, 9.17) is 16.7 Å². The zero-order valence-corrected chi connectivity index (χ0v) is 10.4. The van der Waals surface area contributed by atoms with Crippen LogP contribution in [0.4, 0.5) is 0 Å². The van der Waals surface area contributed by atoms with Crippen molar-refractivity contribution in [2.45, 2.75) is 13.8 Å². The molecule has 4 nitrogen and oxygen atoms in total. The van der Waals surface area contributed by atoms with Crippen molar-refractivity contribution < 1.29 is 9.32 Å². The molecule has 0 unspecified atom stereocenters. The van der Waals surface area contributed by atoms with Crippen LogP contribution in [0.3, 0.4) is 0 Å². The number of benzene rings is 1. The highest BCUT2D eigenvalue weighted by Crippen LogP contribution is 2.18. The minimum Gasteiger partial charge on any atom is -0.348 e. The Hall–Kier alpha value is -1.75. The predicted octanol–water partition coefficient (Wildman–Crippen LogP) is 3.24. The van der Waals surface area contributed by atoms with Gasteiger partial charge in [-0.1, -0.05) is 32.0 Å². The van der Waals surface area contributed by atoms with Crippen molar-refractivity contribution in [1.82, 2.24) is 10.1 Å². The van der Waals surface area contributed by atoms with Crippen LogP contribution < -0.4 is 0 Å². The van der Waals surface area contributed by atoms with E-state index < -0.39 is 0 Å². The predicted molar refractivity (Wildman–Crippen MR) is 66.3 cm³/mol. The van der Waals surface area contributed by atoms with Crippen molar-refractivity contribution in [3.63, 3.8) is 0 Å². The molecule has 0 spiro atoms. The molecule has 0 atom stereocenters. The Morgan fingerprint density at radius 1 is 1.47 bits per heavy atom. The van der Waals surface area contributed by atoms with Crippen molar-refractivity contribution in [1.29, 1.82) is 0 Å². The number of hydrogen-bond donors (Lipinski definition) is 1. The number of hydrogen-bond acceptors (Lipinski definition) is 4. The molecule has 1 N–H and O–H groups in total. The average molecular weight is 248 g/mol. The minimum atomic E-state index is -0.0268. The normalized spacial score (nSPS) is 10.8. The van der Waals surface area contributed by atoms with Gasteiger partial charge >= 0.3 is 4.84 Å². The van der Waals surface area contributed by atoms with Gasteiger partial charge in [-0.05, 0) is 18.3 Å². The first kappa shape index (κ1) is 11.7. The molecule has 0 amide bonds. The van der Waals surface area contributed by atoms with Crippen LogP contribution in [-0.4, -0.2) is 15.9 Å². The van der Waals surface area contributed by atoms with Gasteiger partial charge in [0.1, 0.15) is 0 Å². The van der Waals surface area contributed by atoms with E-state index in [0.29, 0.717) is 11.4 Å². The third-order valence-corrected chi connectivity index (χ3v) is 2.56. The van der Waals surface area contributed by atoms with Crippen LogP contribution in [0.2, 0.25) is 0 Å². The molecule has 0 aliphatic heterocycles. The summed E-state index contributed by atoms with van der Waals surface area (Å²) >= 11 is 4.78. The molecular formula is C12H12N2O2S. The lowest BCUT2D eigenvalue weighted by atomic mass is 9.99. The Kier molecular flexibility index (Phi) is 3.19. The van der Waals surface area contributed by atoms with E-state index in [-0.39, 0.29) is 16.5 Å². The molecule has 0 bridgehead atoms. The average Bonchev–Trinajstić information content (AvgIpc) is 2.75. The van der Waals surface area contributed by atoms with Crippen LogP contribution in [0.1, 0.15) is 24.2 Å². The van der Waals surface area contributed by atoms with Gasteiger partial charge in [0, 0.05) is 17.0 Å². The molecule has 0 fully saturated rings. The van der Waals surface area contributed by atoms with E-state index in [1.54, 1.807) is 12.1 Å². The summed E-state index contributed by atoms with van der Waals surface area (Å²) in [4.78, 5) is 16.0. The molecule has 2 rings (SSSR count). The number of rotatable bonds is 3. The van der Waals surface area contributed by atoms with Crippen LogP contribution in [0.5, 0.6) is 0 Å². The fraction of sp³-hybridized carbons (Fsp3) is 0.250. The van der Waals surface area contributed by atoms with E-state index >= 15 is 0 Å². The first-order valence-electron chi connectivity index (χ1n) is 5.28. The first-order chi connectivity index (χ1) is 8.08. The van der Waals surface area contributed by atoms with Gasteiger partial charge in [-0.15, -0.1) is 0 Å². The number of nitrogens with one attached hydrogen (secondary N) is 1. The lowest BCUT2D eigenvalue weighted by Gasteiger charge is -2.04. The molecule has 0 saturated heterocycles. The molecule has 1 aromatic carbocycles. The summed E-state index contributed by atoms with van der Waals surface area (Å²) in [6, 6.07) is 7.24. The van der Waals surface area contributed by atoms with Gasteiger partial charge in [-0.25, -0.2) is 5.16 Å². The van der Waals surface area contributed by atoms with E-state index in [2.05, 4.69) is 10.1 Å². The van der Waals surface area contributed by atoms with E-state index in [1.807, 2.05) is 26.0 Å². The number of carbonyl (C=O) groups is 1. The Balaban J connectivity index is 2.41. The summed E-state index contributed by atoms with van der Waals surface area (Å²) < 4.78 is 4.86. The van der Waals surface area contributed by atoms with Gasteiger partial charge in [-0.3, -0.25) is 4.79 Å². The highest BCUT2D eigenvalue weighted by molar-refractivity contribution is 7.71. The fourth-order valence-corrected chi connectivity index (χ4v) is 1.64. The molecule has 17 heavy (non-hydrogen) atoms. The van der Waals surface area contributed by atoms with Gasteiger partial charge in [-0.2, -0.15) is 4.98 Å². The topological polar surface area (TPSA) is 58.9 Å².